The maximum absolute atomic E-state index is 13.4. The van der Waals surface area contributed by atoms with Crippen LogP contribution in [0.15, 0.2) is 6.07 Å². The molecule has 0 aliphatic heterocycles. The number of carbonyl (C=O) groups is 2. The van der Waals surface area contributed by atoms with Crippen molar-refractivity contribution in [3.63, 3.8) is 0 Å². The van der Waals surface area contributed by atoms with E-state index in [4.69, 9.17) is 18.9 Å². The summed E-state index contributed by atoms with van der Waals surface area (Å²) < 4.78 is 78.1. The number of benzene rings is 1. The molecule has 0 bridgehead atoms. The predicted molar refractivity (Wildman–Crippen MR) is 99.7 cm³/mol. The molecule has 0 aliphatic rings. The van der Waals surface area contributed by atoms with E-state index < -0.39 is 35.0 Å². The van der Waals surface area contributed by atoms with Crippen molar-refractivity contribution in [2.24, 2.45) is 0 Å². The lowest BCUT2D eigenvalue weighted by molar-refractivity contribution is -0.136. The molecule has 1 aromatic carbocycles. The minimum Gasteiger partial charge on any atom is -0.420 e. The summed E-state index contributed by atoms with van der Waals surface area (Å²) in [6.45, 7) is 3.76. The Morgan fingerprint density at radius 2 is 1.16 bits per heavy atom. The third-order valence-electron chi connectivity index (χ3n) is 3.67. The van der Waals surface area contributed by atoms with E-state index in [2.05, 4.69) is 4.74 Å². The zero-order valence-corrected chi connectivity index (χ0v) is 17.2. The number of esters is 1. The third-order valence-corrected chi connectivity index (χ3v) is 3.67. The van der Waals surface area contributed by atoms with Gasteiger partial charge in [0.05, 0.1) is 52.7 Å². The maximum atomic E-state index is 13.4. The highest BCUT2D eigenvalue weighted by molar-refractivity contribution is 5.75. The molecule has 31 heavy (non-hydrogen) atoms. The van der Waals surface area contributed by atoms with Crippen molar-refractivity contribution in [2.45, 2.75) is 26.2 Å². The molecule has 7 nitrogen and oxygen atoms in total. The molecule has 0 saturated carbocycles. The highest BCUT2D eigenvalue weighted by Crippen LogP contribution is 2.26. The number of rotatable bonds is 17. The molecule has 0 fully saturated rings. The minimum atomic E-state index is -1.79. The number of ether oxygens (including phenoxy) is 5. The highest BCUT2D eigenvalue weighted by Gasteiger charge is 2.22. The second kappa shape index (κ2) is 15.7. The van der Waals surface area contributed by atoms with Crippen molar-refractivity contribution in [1.82, 2.24) is 0 Å². The molecular weight excluding hydrogens is 428 g/mol. The average Bonchev–Trinajstić information content (AvgIpc) is 2.72. The van der Waals surface area contributed by atoms with Crippen LogP contribution >= 0.6 is 0 Å². The van der Waals surface area contributed by atoms with Crippen LogP contribution in [0.2, 0.25) is 0 Å². The molecule has 0 radical (unpaired) electrons. The van der Waals surface area contributed by atoms with Gasteiger partial charge in [0.2, 0.25) is 17.4 Å². The fourth-order valence-electron chi connectivity index (χ4n) is 2.15. The molecule has 0 saturated heterocycles. The van der Waals surface area contributed by atoms with Gasteiger partial charge in [0.25, 0.3) is 0 Å². The van der Waals surface area contributed by atoms with Gasteiger partial charge < -0.3 is 28.5 Å². The quantitative estimate of drug-likeness (QED) is 0.118. The van der Waals surface area contributed by atoms with Gasteiger partial charge in [-0.1, -0.05) is 0 Å². The van der Waals surface area contributed by atoms with Gasteiger partial charge in [0, 0.05) is 19.1 Å². The van der Waals surface area contributed by atoms with Crippen molar-refractivity contribution >= 4 is 11.8 Å². The minimum absolute atomic E-state index is 0.0166. The van der Waals surface area contributed by atoms with E-state index in [0.717, 1.165) is 0 Å². The predicted octanol–water partition coefficient (Wildman–Crippen LogP) is 2.97. The molecule has 0 aliphatic carbocycles. The van der Waals surface area contributed by atoms with Crippen LogP contribution in [0, 0.1) is 23.3 Å². The molecule has 176 valence electrons. The molecule has 11 heteroatoms. The van der Waals surface area contributed by atoms with Crippen molar-refractivity contribution < 1.29 is 50.8 Å². The van der Waals surface area contributed by atoms with Gasteiger partial charge in [-0.2, -0.15) is 8.78 Å². The van der Waals surface area contributed by atoms with E-state index in [1.165, 1.54) is 6.92 Å². The average molecular weight is 454 g/mol. The number of hydrogen-bond acceptors (Lipinski definition) is 7. The molecule has 0 unspecified atom stereocenters. The first-order chi connectivity index (χ1) is 14.8. The molecule has 0 aromatic heterocycles. The second-order valence-corrected chi connectivity index (χ2v) is 6.28. The highest BCUT2D eigenvalue weighted by atomic mass is 19.2. The Hall–Kier alpha value is -2.08. The largest absolute Gasteiger partial charge is 0.420 e. The van der Waals surface area contributed by atoms with E-state index in [1.54, 1.807) is 0 Å². The molecule has 1 rings (SSSR count). The van der Waals surface area contributed by atoms with Gasteiger partial charge in [-0.3, -0.25) is 4.79 Å². The first-order valence-corrected chi connectivity index (χ1v) is 9.67. The molecular formula is C20H26F4O7. The molecule has 0 atom stereocenters. The fourth-order valence-corrected chi connectivity index (χ4v) is 2.15. The summed E-state index contributed by atoms with van der Waals surface area (Å²) in [7, 11) is 0. The number of halogens is 4. The molecule has 0 heterocycles. The maximum Gasteiger partial charge on any atom is 0.313 e. The van der Waals surface area contributed by atoms with Gasteiger partial charge in [-0.25, -0.2) is 8.78 Å². The third kappa shape index (κ3) is 11.8. The van der Waals surface area contributed by atoms with Crippen LogP contribution in [0.4, 0.5) is 17.6 Å². The Morgan fingerprint density at radius 3 is 1.65 bits per heavy atom. The Labute approximate surface area is 177 Å². The molecule has 1 aromatic rings. The van der Waals surface area contributed by atoms with E-state index in [9.17, 15) is 27.2 Å². The number of Topliss-reactive ketones (excluding diaryl/α,β-unsaturated/α-hetero) is 1. The summed E-state index contributed by atoms with van der Waals surface area (Å²) in [6.07, 6.45) is 0.807. The van der Waals surface area contributed by atoms with Crippen molar-refractivity contribution in [1.29, 1.82) is 0 Å². The fraction of sp³-hybridized carbons (Fsp3) is 0.600. The van der Waals surface area contributed by atoms with E-state index >= 15 is 0 Å². The van der Waals surface area contributed by atoms with Gasteiger partial charge in [0.1, 0.15) is 5.78 Å². The lowest BCUT2D eigenvalue weighted by Crippen LogP contribution is -2.16. The number of carbonyl (C=O) groups excluding carboxylic acids is 2. The molecule has 0 amide bonds. The lowest BCUT2D eigenvalue weighted by Gasteiger charge is -2.09. The second-order valence-electron chi connectivity index (χ2n) is 6.28. The summed E-state index contributed by atoms with van der Waals surface area (Å²) in [4.78, 5) is 22.3. The summed E-state index contributed by atoms with van der Waals surface area (Å²) in [5.74, 6) is -9.32. The van der Waals surface area contributed by atoms with Crippen LogP contribution in [-0.2, 0) is 28.5 Å². The van der Waals surface area contributed by atoms with Crippen molar-refractivity contribution in [3.05, 3.63) is 29.3 Å². The molecule has 0 N–H and O–H groups in total. The zero-order chi connectivity index (χ0) is 23.1. The SMILES string of the molecule is CC(=O)CCCOCCOCCOCCOCCC(=O)Oc1c(F)c(F)cc(F)c1F. The van der Waals surface area contributed by atoms with Gasteiger partial charge in [-0.15, -0.1) is 0 Å². The van der Waals surface area contributed by atoms with Crippen LogP contribution in [0.1, 0.15) is 26.2 Å². The topological polar surface area (TPSA) is 80.3 Å². The van der Waals surface area contributed by atoms with Crippen LogP contribution in [0.25, 0.3) is 0 Å². The first kappa shape index (κ1) is 27.0. The summed E-state index contributed by atoms with van der Waals surface area (Å²) >= 11 is 0. The van der Waals surface area contributed by atoms with Crippen LogP contribution < -0.4 is 4.74 Å². The Kier molecular flexibility index (Phi) is 13.6. The van der Waals surface area contributed by atoms with E-state index in [0.29, 0.717) is 45.9 Å². The first-order valence-electron chi connectivity index (χ1n) is 9.67. The van der Waals surface area contributed by atoms with Crippen molar-refractivity contribution in [2.75, 3.05) is 52.9 Å². The Bertz CT molecular complexity index is 674. The Balaban J connectivity index is 1.98. The smallest absolute Gasteiger partial charge is 0.313 e. The summed E-state index contributed by atoms with van der Waals surface area (Å²) in [5.41, 5.74) is 0. The standard InChI is InChI=1S/C20H26F4O7/c1-14(25)3-2-5-27-7-9-29-11-12-30-10-8-28-6-4-17(26)31-20-18(23)15(21)13-16(22)19(20)24/h13H,2-12H2,1H3. The van der Waals surface area contributed by atoms with Gasteiger partial charge in [-0.05, 0) is 13.3 Å². The number of hydrogen-bond donors (Lipinski definition) is 0. The zero-order valence-electron chi connectivity index (χ0n) is 17.2. The Morgan fingerprint density at radius 1 is 0.710 bits per heavy atom. The lowest BCUT2D eigenvalue weighted by atomic mass is 10.2. The monoisotopic (exact) mass is 454 g/mol. The van der Waals surface area contributed by atoms with Crippen LogP contribution in [0.5, 0.6) is 5.75 Å². The summed E-state index contributed by atoms with van der Waals surface area (Å²) in [5, 5.41) is 0. The van der Waals surface area contributed by atoms with Crippen molar-refractivity contribution in [3.8, 4) is 5.75 Å². The number of ketones is 1. The van der Waals surface area contributed by atoms with E-state index in [-0.39, 0.29) is 38.1 Å². The molecule has 0 spiro atoms. The van der Waals surface area contributed by atoms with E-state index in [1.807, 2.05) is 0 Å². The van der Waals surface area contributed by atoms with Gasteiger partial charge >= 0.3 is 5.97 Å². The van der Waals surface area contributed by atoms with Crippen LogP contribution in [-0.4, -0.2) is 64.6 Å². The summed E-state index contributed by atoms with van der Waals surface area (Å²) in [6, 6.07) is 0.0166. The van der Waals surface area contributed by atoms with Gasteiger partial charge in [0.15, 0.2) is 11.6 Å². The van der Waals surface area contributed by atoms with Crippen LogP contribution in [0.3, 0.4) is 0 Å². The normalized spacial score (nSPS) is 11.0.